The van der Waals surface area contributed by atoms with E-state index in [1.54, 1.807) is 25.7 Å². The molecule has 2 aliphatic heterocycles. The zero-order valence-corrected chi connectivity index (χ0v) is 24.3. The summed E-state index contributed by atoms with van der Waals surface area (Å²) in [6.07, 6.45) is 3.26. The van der Waals surface area contributed by atoms with E-state index in [9.17, 15) is 19.6 Å². The first-order valence-electron chi connectivity index (χ1n) is 14.5. The number of para-hydroxylation sites is 1. The molecule has 2 aliphatic rings. The van der Waals surface area contributed by atoms with Crippen molar-refractivity contribution in [1.29, 1.82) is 5.26 Å². The Morgan fingerprint density at radius 2 is 1.88 bits per heavy atom. The van der Waals surface area contributed by atoms with Gasteiger partial charge in [-0.25, -0.2) is 9.59 Å². The molecule has 2 saturated heterocycles. The van der Waals surface area contributed by atoms with E-state index in [1.807, 2.05) is 60.8 Å². The normalized spacial score (nSPS) is 20.5. The Morgan fingerprint density at radius 3 is 2.62 bits per heavy atom. The first-order chi connectivity index (χ1) is 20.1. The van der Waals surface area contributed by atoms with Gasteiger partial charge in [-0.2, -0.15) is 5.26 Å². The number of urea groups is 1. The van der Waals surface area contributed by atoms with Gasteiger partial charge < -0.3 is 19.9 Å². The number of amides is 4. The summed E-state index contributed by atoms with van der Waals surface area (Å²) < 4.78 is 5.54. The third kappa shape index (κ3) is 6.58. The molecule has 0 saturated carbocycles. The standard InChI is InChI=1S/C32H38N6O4/c1-32(2,3)42-30(40)36-26(16-22-19-34-24-13-8-7-12-23(22)24)27(18-33)35-25-14-9-15-37-28(25)17-29(39)38(31(37)41)20-21-10-5-4-6-11-21/h4-8,10-13,19,25-28,34-35H,9,14-17,20H2,1-3H3,(H,36,40)/t25-,26+,27-,28+/m1/s1. The van der Waals surface area contributed by atoms with Crippen LogP contribution < -0.4 is 10.6 Å². The molecule has 5 rings (SSSR count). The van der Waals surface area contributed by atoms with Crippen molar-refractivity contribution in [3.8, 4) is 6.07 Å². The van der Waals surface area contributed by atoms with Crippen molar-refractivity contribution >= 4 is 28.9 Å². The minimum Gasteiger partial charge on any atom is -0.444 e. The van der Waals surface area contributed by atoms with Crippen LogP contribution in [-0.2, 0) is 22.5 Å². The highest BCUT2D eigenvalue weighted by atomic mass is 16.6. The number of piperidine rings is 1. The summed E-state index contributed by atoms with van der Waals surface area (Å²) in [5.41, 5.74) is 2.11. The van der Waals surface area contributed by atoms with Gasteiger partial charge in [0.15, 0.2) is 0 Å². The second-order valence-corrected chi connectivity index (χ2v) is 12.1. The zero-order chi connectivity index (χ0) is 29.9. The van der Waals surface area contributed by atoms with Crippen molar-refractivity contribution in [3.05, 3.63) is 71.9 Å². The Balaban J connectivity index is 1.35. The average molecular weight is 571 g/mol. The van der Waals surface area contributed by atoms with E-state index in [1.165, 1.54) is 4.90 Å². The van der Waals surface area contributed by atoms with E-state index in [2.05, 4.69) is 21.7 Å². The van der Waals surface area contributed by atoms with Crippen LogP contribution >= 0.6 is 0 Å². The van der Waals surface area contributed by atoms with Crippen molar-refractivity contribution < 1.29 is 19.1 Å². The molecule has 220 valence electrons. The number of rotatable bonds is 8. The largest absolute Gasteiger partial charge is 0.444 e. The molecule has 3 aromatic rings. The van der Waals surface area contributed by atoms with Crippen LogP contribution in [0, 0.1) is 11.3 Å². The van der Waals surface area contributed by atoms with Crippen molar-refractivity contribution in [2.24, 2.45) is 0 Å². The molecular weight excluding hydrogens is 532 g/mol. The molecular formula is C32H38N6O4. The smallest absolute Gasteiger partial charge is 0.407 e. The molecule has 1 aromatic heterocycles. The summed E-state index contributed by atoms with van der Waals surface area (Å²) in [7, 11) is 0. The molecule has 4 amide bonds. The summed E-state index contributed by atoms with van der Waals surface area (Å²) >= 11 is 0. The summed E-state index contributed by atoms with van der Waals surface area (Å²) in [4.78, 5) is 45.9. The molecule has 0 unspecified atom stereocenters. The number of H-pyrrole nitrogens is 1. The Labute approximate surface area is 246 Å². The molecule has 0 aliphatic carbocycles. The Hall–Kier alpha value is -4.36. The second kappa shape index (κ2) is 12.2. The molecule has 2 aromatic carbocycles. The lowest BCUT2D eigenvalue weighted by Crippen LogP contribution is -2.66. The molecule has 0 radical (unpaired) electrons. The van der Waals surface area contributed by atoms with E-state index in [0.717, 1.165) is 28.5 Å². The van der Waals surface area contributed by atoms with Gasteiger partial charge in [0.05, 0.1) is 24.7 Å². The number of fused-ring (bicyclic) bond motifs is 2. The van der Waals surface area contributed by atoms with E-state index >= 15 is 0 Å². The fraction of sp³-hybridized carbons (Fsp3) is 0.438. The molecule has 0 bridgehead atoms. The van der Waals surface area contributed by atoms with Crippen LogP contribution in [-0.4, -0.2) is 69.1 Å². The quantitative estimate of drug-likeness (QED) is 0.366. The minimum atomic E-state index is -0.802. The summed E-state index contributed by atoms with van der Waals surface area (Å²) in [6.45, 7) is 6.14. The molecule has 10 nitrogen and oxygen atoms in total. The van der Waals surface area contributed by atoms with Crippen molar-refractivity contribution in [2.75, 3.05) is 6.54 Å². The average Bonchev–Trinajstić information content (AvgIpc) is 3.36. The molecule has 3 heterocycles. The van der Waals surface area contributed by atoms with Gasteiger partial charge in [-0.05, 0) is 57.2 Å². The molecule has 4 atom stereocenters. The SMILES string of the molecule is CC(C)(C)OC(=O)N[C@@H](Cc1c[nH]c2ccccc12)[C@@H](C#N)N[C@@H]1CCCN2C(=O)N(Cc3ccccc3)C(=O)C[C@@H]12. The number of hydrogen-bond donors (Lipinski definition) is 3. The Morgan fingerprint density at radius 1 is 1.14 bits per heavy atom. The summed E-state index contributed by atoms with van der Waals surface area (Å²) in [6, 6.07) is 17.3. The fourth-order valence-electron chi connectivity index (χ4n) is 5.94. The highest BCUT2D eigenvalue weighted by Gasteiger charge is 2.45. The molecule has 42 heavy (non-hydrogen) atoms. The first-order valence-corrected chi connectivity index (χ1v) is 14.5. The highest BCUT2D eigenvalue weighted by molar-refractivity contribution is 5.97. The van der Waals surface area contributed by atoms with Gasteiger partial charge in [0.2, 0.25) is 5.91 Å². The predicted molar refractivity (Wildman–Crippen MR) is 158 cm³/mol. The molecule has 10 heteroatoms. The van der Waals surface area contributed by atoms with Crippen molar-refractivity contribution in [3.63, 3.8) is 0 Å². The topological polar surface area (TPSA) is 131 Å². The van der Waals surface area contributed by atoms with Crippen LogP contribution in [0.1, 0.15) is 51.2 Å². The number of ether oxygens (including phenoxy) is 1. The van der Waals surface area contributed by atoms with Gasteiger partial charge in [-0.3, -0.25) is 15.0 Å². The maximum Gasteiger partial charge on any atom is 0.407 e. The van der Waals surface area contributed by atoms with Gasteiger partial charge in [0.1, 0.15) is 11.6 Å². The summed E-state index contributed by atoms with van der Waals surface area (Å²) in [5, 5.41) is 17.7. The lowest BCUT2D eigenvalue weighted by Gasteiger charge is -2.47. The molecule has 0 spiro atoms. The lowest BCUT2D eigenvalue weighted by atomic mass is 9.89. The number of aromatic amines is 1. The van der Waals surface area contributed by atoms with Crippen LogP contribution in [0.4, 0.5) is 9.59 Å². The number of carbonyl (C=O) groups excluding carboxylic acids is 3. The van der Waals surface area contributed by atoms with Crippen LogP contribution in [0.2, 0.25) is 0 Å². The number of aromatic nitrogens is 1. The number of carbonyl (C=O) groups is 3. The first kappa shape index (κ1) is 29.1. The number of alkyl carbamates (subject to hydrolysis) is 1. The number of hydrogen-bond acceptors (Lipinski definition) is 6. The number of benzene rings is 2. The summed E-state index contributed by atoms with van der Waals surface area (Å²) in [5.74, 6) is -0.227. The van der Waals surface area contributed by atoms with Gasteiger partial charge >= 0.3 is 12.1 Å². The van der Waals surface area contributed by atoms with Crippen LogP contribution in [0.15, 0.2) is 60.8 Å². The van der Waals surface area contributed by atoms with E-state index in [0.29, 0.717) is 19.4 Å². The van der Waals surface area contributed by atoms with E-state index in [4.69, 9.17) is 4.74 Å². The highest BCUT2D eigenvalue weighted by Crippen LogP contribution is 2.29. The Kier molecular flexibility index (Phi) is 8.50. The Bertz CT molecular complexity index is 1470. The van der Waals surface area contributed by atoms with Gasteiger partial charge in [0.25, 0.3) is 0 Å². The minimum absolute atomic E-state index is 0.168. The van der Waals surface area contributed by atoms with E-state index < -0.39 is 23.8 Å². The van der Waals surface area contributed by atoms with Gasteiger partial charge in [0, 0.05) is 36.1 Å². The van der Waals surface area contributed by atoms with E-state index in [-0.39, 0.29) is 37.0 Å². The molecule has 2 fully saturated rings. The zero-order valence-electron chi connectivity index (χ0n) is 24.3. The maximum atomic E-state index is 13.5. The number of imide groups is 1. The van der Waals surface area contributed by atoms with Gasteiger partial charge in [-0.1, -0.05) is 48.5 Å². The second-order valence-electron chi connectivity index (χ2n) is 12.1. The number of nitriles is 1. The number of nitrogens with zero attached hydrogens (tertiary/aromatic N) is 3. The fourth-order valence-corrected chi connectivity index (χ4v) is 5.94. The lowest BCUT2D eigenvalue weighted by molar-refractivity contribution is -0.134. The van der Waals surface area contributed by atoms with Crippen LogP contribution in [0.25, 0.3) is 10.9 Å². The molecule has 3 N–H and O–H groups in total. The van der Waals surface area contributed by atoms with Crippen molar-refractivity contribution in [1.82, 2.24) is 25.4 Å². The van der Waals surface area contributed by atoms with Crippen LogP contribution in [0.5, 0.6) is 0 Å². The van der Waals surface area contributed by atoms with Gasteiger partial charge in [-0.15, -0.1) is 0 Å². The predicted octanol–water partition coefficient (Wildman–Crippen LogP) is 4.47. The third-order valence-electron chi connectivity index (χ3n) is 7.88. The third-order valence-corrected chi connectivity index (χ3v) is 7.88. The number of nitrogens with one attached hydrogen (secondary N) is 3. The monoisotopic (exact) mass is 570 g/mol. The van der Waals surface area contributed by atoms with Crippen LogP contribution in [0.3, 0.4) is 0 Å². The maximum absolute atomic E-state index is 13.5. The van der Waals surface area contributed by atoms with Crippen molar-refractivity contribution in [2.45, 2.75) is 82.8 Å².